The number of esters is 1. The zero-order valence-electron chi connectivity index (χ0n) is 16.9. The molecule has 4 rings (SSSR count). The van der Waals surface area contributed by atoms with Crippen molar-refractivity contribution >= 4 is 56.0 Å². The van der Waals surface area contributed by atoms with Gasteiger partial charge in [-0.3, -0.25) is 14.9 Å². The Morgan fingerprint density at radius 3 is 2.55 bits per heavy atom. The highest BCUT2D eigenvalue weighted by Crippen LogP contribution is 2.37. The summed E-state index contributed by atoms with van der Waals surface area (Å²) >= 11 is 4.69. The molecule has 2 aromatic heterocycles. The van der Waals surface area contributed by atoms with Gasteiger partial charge < -0.3 is 13.9 Å². The Morgan fingerprint density at radius 2 is 1.91 bits per heavy atom. The second kappa shape index (κ2) is 9.39. The molecule has 0 unspecified atom stereocenters. The maximum atomic E-state index is 13.2. The molecular weight excluding hydrogens is 514 g/mol. The molecule has 4 aromatic rings. The Kier molecular flexibility index (Phi) is 6.38. The fraction of sp³-hybridized carbons (Fsp3) is 0.0435. The van der Waals surface area contributed by atoms with Gasteiger partial charge in [-0.25, -0.2) is 4.79 Å². The molecule has 0 radical (unpaired) electrons. The molecule has 166 valence electrons. The van der Waals surface area contributed by atoms with Gasteiger partial charge in [-0.1, -0.05) is 0 Å². The lowest BCUT2D eigenvalue weighted by molar-refractivity contribution is -0.384. The normalized spacial score (nSPS) is 11.1. The van der Waals surface area contributed by atoms with Crippen molar-refractivity contribution in [3.05, 3.63) is 90.4 Å². The molecule has 0 bridgehead atoms. The summed E-state index contributed by atoms with van der Waals surface area (Å²) in [5, 5.41) is 11.0. The van der Waals surface area contributed by atoms with Crippen molar-refractivity contribution in [1.82, 2.24) is 0 Å². The number of benzene rings is 2. The highest BCUT2D eigenvalue weighted by atomic mass is 79.9. The molecule has 0 saturated carbocycles. The second-order valence-electron chi connectivity index (χ2n) is 6.66. The van der Waals surface area contributed by atoms with E-state index in [0.717, 1.165) is 9.86 Å². The van der Waals surface area contributed by atoms with Gasteiger partial charge in [0, 0.05) is 24.3 Å². The van der Waals surface area contributed by atoms with Crippen LogP contribution in [0.3, 0.4) is 0 Å². The van der Waals surface area contributed by atoms with Crippen LogP contribution >= 0.6 is 27.3 Å². The third-order valence-electron chi connectivity index (χ3n) is 4.57. The average molecular weight is 528 g/mol. The molecule has 0 saturated heterocycles. The lowest BCUT2D eigenvalue weighted by Gasteiger charge is -2.09. The molecule has 2 aromatic carbocycles. The number of nitrogens with zero attached hydrogens (tertiary/aromatic N) is 1. The molecular formula is C23H14BrNO7S. The number of nitro benzene ring substituents is 1. The Labute approximate surface area is 199 Å². The monoisotopic (exact) mass is 527 g/mol. The predicted molar refractivity (Wildman–Crippen MR) is 128 cm³/mol. The molecule has 0 aliphatic heterocycles. The molecule has 0 aliphatic carbocycles. The number of thiophene rings is 1. The Morgan fingerprint density at radius 1 is 1.15 bits per heavy atom. The maximum absolute atomic E-state index is 13.2. The number of hydrogen-bond donors (Lipinski definition) is 0. The largest absolute Gasteiger partial charge is 0.497 e. The van der Waals surface area contributed by atoms with Crippen LogP contribution in [-0.2, 0) is 4.79 Å². The number of carbonyl (C=O) groups excluding carboxylic acids is 1. The zero-order chi connectivity index (χ0) is 23.5. The van der Waals surface area contributed by atoms with Crippen LogP contribution in [0.4, 0.5) is 5.69 Å². The van der Waals surface area contributed by atoms with E-state index in [4.69, 9.17) is 13.9 Å². The summed E-state index contributed by atoms with van der Waals surface area (Å²) in [6.07, 6.45) is 2.56. The molecule has 0 aliphatic rings. The number of ether oxygens (including phenoxy) is 2. The number of carbonyl (C=O) groups is 1. The fourth-order valence-electron chi connectivity index (χ4n) is 2.98. The Hall–Kier alpha value is -3.76. The van der Waals surface area contributed by atoms with Gasteiger partial charge in [0.05, 0.1) is 26.1 Å². The number of rotatable bonds is 6. The SMILES string of the molecule is COc1ccc2c(=O)c(OC(=O)/C=C/c3ccc([N+](=O)[O-])cc3)c(-c3ccc(Br)s3)oc2c1. The van der Waals surface area contributed by atoms with Crippen LogP contribution in [0.5, 0.6) is 11.5 Å². The molecule has 2 heterocycles. The van der Waals surface area contributed by atoms with E-state index in [-0.39, 0.29) is 22.6 Å². The average Bonchev–Trinajstić information content (AvgIpc) is 3.25. The first kappa shape index (κ1) is 22.4. The summed E-state index contributed by atoms with van der Waals surface area (Å²) in [6.45, 7) is 0. The quantitative estimate of drug-likeness (QED) is 0.134. The minimum Gasteiger partial charge on any atom is -0.497 e. The molecule has 10 heteroatoms. The van der Waals surface area contributed by atoms with Crippen LogP contribution in [-0.4, -0.2) is 18.0 Å². The summed E-state index contributed by atoms with van der Waals surface area (Å²) in [4.78, 5) is 36.5. The third-order valence-corrected chi connectivity index (χ3v) is 6.20. The summed E-state index contributed by atoms with van der Waals surface area (Å²) in [5.74, 6) is -0.404. The van der Waals surface area contributed by atoms with E-state index in [0.29, 0.717) is 21.8 Å². The maximum Gasteiger partial charge on any atom is 0.336 e. The standard InChI is InChI=1S/C23H14BrNO7S/c1-30-15-7-8-16-17(12-15)31-22(18-9-10-19(24)33-18)23(21(16)27)32-20(26)11-4-13-2-5-14(6-3-13)25(28)29/h2-12H,1H3/b11-4+. The number of fused-ring (bicyclic) bond motifs is 1. The number of nitro groups is 1. The Bertz CT molecular complexity index is 1450. The molecule has 33 heavy (non-hydrogen) atoms. The Balaban J connectivity index is 1.71. The van der Waals surface area contributed by atoms with Gasteiger partial charge in [-0.05, 0) is 64.0 Å². The number of non-ortho nitro benzene ring substituents is 1. The summed E-state index contributed by atoms with van der Waals surface area (Å²) < 4.78 is 17.4. The zero-order valence-corrected chi connectivity index (χ0v) is 19.3. The van der Waals surface area contributed by atoms with Crippen molar-refractivity contribution in [2.24, 2.45) is 0 Å². The van der Waals surface area contributed by atoms with Crippen LogP contribution in [0.25, 0.3) is 27.7 Å². The van der Waals surface area contributed by atoms with E-state index >= 15 is 0 Å². The minimum absolute atomic E-state index is 0.0631. The van der Waals surface area contributed by atoms with Crippen LogP contribution in [0, 0.1) is 10.1 Å². The highest BCUT2D eigenvalue weighted by Gasteiger charge is 2.21. The first-order valence-electron chi connectivity index (χ1n) is 9.40. The predicted octanol–water partition coefficient (Wildman–Crippen LogP) is 5.82. The first-order chi connectivity index (χ1) is 15.9. The van der Waals surface area contributed by atoms with Crippen molar-refractivity contribution in [3.8, 4) is 22.1 Å². The van der Waals surface area contributed by atoms with E-state index in [2.05, 4.69) is 15.9 Å². The number of methoxy groups -OCH3 is 1. The topological polar surface area (TPSA) is 109 Å². The molecule has 0 spiro atoms. The van der Waals surface area contributed by atoms with Crippen molar-refractivity contribution < 1.29 is 23.6 Å². The third kappa shape index (κ3) is 4.86. The summed E-state index contributed by atoms with van der Waals surface area (Å²) in [6, 6.07) is 13.9. The summed E-state index contributed by atoms with van der Waals surface area (Å²) in [7, 11) is 1.50. The van der Waals surface area contributed by atoms with Gasteiger partial charge in [-0.15, -0.1) is 11.3 Å². The van der Waals surface area contributed by atoms with Gasteiger partial charge in [-0.2, -0.15) is 0 Å². The smallest absolute Gasteiger partial charge is 0.336 e. The summed E-state index contributed by atoms with van der Waals surface area (Å²) in [5.41, 5.74) is 0.278. The molecule has 0 atom stereocenters. The van der Waals surface area contributed by atoms with E-state index in [1.807, 2.05) is 0 Å². The van der Waals surface area contributed by atoms with Crippen LogP contribution < -0.4 is 14.9 Å². The molecule has 0 N–H and O–H groups in total. The van der Waals surface area contributed by atoms with Crippen molar-refractivity contribution in [2.75, 3.05) is 7.11 Å². The van der Waals surface area contributed by atoms with Crippen LogP contribution in [0.2, 0.25) is 0 Å². The fourth-order valence-corrected chi connectivity index (χ4v) is 4.35. The molecule has 0 amide bonds. The van der Waals surface area contributed by atoms with Gasteiger partial charge in [0.25, 0.3) is 5.69 Å². The van der Waals surface area contributed by atoms with E-state index < -0.39 is 16.3 Å². The first-order valence-corrected chi connectivity index (χ1v) is 11.0. The van der Waals surface area contributed by atoms with Gasteiger partial charge >= 0.3 is 5.97 Å². The van der Waals surface area contributed by atoms with E-state index in [1.54, 1.807) is 24.3 Å². The highest BCUT2D eigenvalue weighted by molar-refractivity contribution is 9.11. The van der Waals surface area contributed by atoms with Crippen molar-refractivity contribution in [3.63, 3.8) is 0 Å². The van der Waals surface area contributed by atoms with E-state index in [9.17, 15) is 19.7 Å². The van der Waals surface area contributed by atoms with Gasteiger partial charge in [0.1, 0.15) is 11.3 Å². The minimum atomic E-state index is -0.801. The van der Waals surface area contributed by atoms with E-state index in [1.165, 1.54) is 54.9 Å². The molecule has 0 fully saturated rings. The van der Waals surface area contributed by atoms with Gasteiger partial charge in [0.2, 0.25) is 11.2 Å². The van der Waals surface area contributed by atoms with Gasteiger partial charge in [0.15, 0.2) is 5.76 Å². The number of hydrogen-bond acceptors (Lipinski definition) is 8. The van der Waals surface area contributed by atoms with Crippen LogP contribution in [0.1, 0.15) is 5.56 Å². The van der Waals surface area contributed by atoms with Crippen LogP contribution in [0.15, 0.2) is 73.7 Å². The van der Waals surface area contributed by atoms with Crippen molar-refractivity contribution in [1.29, 1.82) is 0 Å². The second-order valence-corrected chi connectivity index (χ2v) is 9.12. The van der Waals surface area contributed by atoms with Crippen molar-refractivity contribution in [2.45, 2.75) is 0 Å². The lowest BCUT2D eigenvalue weighted by atomic mass is 10.2. The lowest BCUT2D eigenvalue weighted by Crippen LogP contribution is -2.14. The molecule has 8 nitrogen and oxygen atoms in total. The number of halogens is 1.